The van der Waals surface area contributed by atoms with Crippen LogP contribution in [0.1, 0.15) is 259 Å². The van der Waals surface area contributed by atoms with Gasteiger partial charge in [0.1, 0.15) is 0 Å². The highest BCUT2D eigenvalue weighted by Gasteiger charge is 2.37. The summed E-state index contributed by atoms with van der Waals surface area (Å²) in [7, 11) is 10.7. The number of nitrogens with one attached hydrogen (secondary N) is 3. The first-order valence-electron chi connectivity index (χ1n) is 31.0. The molecule has 0 amide bonds. The number of aliphatic hydroxyl groups is 1. The number of thiol groups is 1. The highest BCUT2D eigenvalue weighted by Crippen LogP contribution is 2.28. The Bertz CT molecular complexity index is 980. The third-order valence-electron chi connectivity index (χ3n) is 13.8. The first kappa shape index (κ1) is 77.5. The van der Waals surface area contributed by atoms with Gasteiger partial charge in [-0.25, -0.2) is 0 Å². The van der Waals surface area contributed by atoms with Crippen LogP contribution in [0.2, 0.25) is 12.1 Å². The van der Waals surface area contributed by atoms with Crippen molar-refractivity contribution in [2.45, 2.75) is 271 Å². The first-order valence-corrected chi connectivity index (χ1v) is 37.7. The Morgan fingerprint density at radius 1 is 0.472 bits per heavy atom. The fourth-order valence-corrected chi connectivity index (χ4v) is 12.6. The SMILES string of the molecule is CCCCCCCCCCCCCCCCCC[N+](C)(C)CCC[Si](OC)(OC)OC.CCCCCCCCCCCCCCCCCC[Si](Cl)(Cl)Cl.CCCC[NH+](CCNC)CCNCCC.[3H]OC.[3H]OS. The third-order valence-corrected chi connectivity index (χ3v) is 19.3. The second kappa shape index (κ2) is 68.4. The van der Waals surface area contributed by atoms with Crippen LogP contribution in [-0.4, -0.2) is 132 Å². The van der Waals surface area contributed by atoms with Crippen molar-refractivity contribution in [3.63, 3.8) is 0 Å². The van der Waals surface area contributed by atoms with Crippen LogP contribution < -0.4 is 15.5 Å². The van der Waals surface area contributed by atoms with Gasteiger partial charge >= 0.3 is 14.8 Å². The second-order valence-electron chi connectivity index (χ2n) is 21.0. The maximum absolute atomic E-state index is 5.87. The first-order chi connectivity index (χ1) is 35.7. The Hall–Kier alpha value is 1.29. The maximum Gasteiger partial charge on any atom is 0.500 e. The van der Waals surface area contributed by atoms with E-state index in [1.807, 2.05) is 7.05 Å². The molecule has 0 aromatic heterocycles. The number of hydrogen-bond acceptors (Lipinski definition) is 8. The number of halogens is 3. The lowest BCUT2D eigenvalue weighted by Crippen LogP contribution is -3.13. The number of likely N-dealkylation sites (N-methyl/N-ethyl adjacent to an activating group) is 1. The Morgan fingerprint density at radius 3 is 1.11 bits per heavy atom. The molecule has 9 nitrogen and oxygen atoms in total. The van der Waals surface area contributed by atoms with Gasteiger partial charge < -0.3 is 43.0 Å². The van der Waals surface area contributed by atoms with E-state index in [9.17, 15) is 0 Å². The average molecular weight is 1150 g/mol. The molecule has 0 aromatic rings. The van der Waals surface area contributed by atoms with Gasteiger partial charge in [0.2, 0.25) is 2.86 Å². The fraction of sp³-hybridized carbons (Fsp3) is 1.00. The second-order valence-corrected chi connectivity index (χ2v) is 33.3. The Labute approximate surface area is 476 Å². The molecule has 0 fully saturated rings. The summed E-state index contributed by atoms with van der Waals surface area (Å²) < 4.78 is 32.2. The summed E-state index contributed by atoms with van der Waals surface area (Å²) in [5.74, 6) is 0. The summed E-state index contributed by atoms with van der Waals surface area (Å²) in [4.78, 5) is 1.73. The van der Waals surface area contributed by atoms with Crippen molar-refractivity contribution in [2.24, 2.45) is 0 Å². The summed E-state index contributed by atoms with van der Waals surface area (Å²) in [5.41, 5.74) is 0. The summed E-state index contributed by atoms with van der Waals surface area (Å²) in [5, 5.41) is 10.2. The van der Waals surface area contributed by atoms with Crippen molar-refractivity contribution in [2.75, 3.05) is 102 Å². The number of aliphatic hydroxyl groups excluding tert-OH is 1. The molecule has 0 rings (SSSR count). The van der Waals surface area contributed by atoms with E-state index in [-0.39, 0.29) is 0 Å². The summed E-state index contributed by atoms with van der Waals surface area (Å²) in [6.45, 7) is 18.8. The van der Waals surface area contributed by atoms with Gasteiger partial charge in [-0.1, -0.05) is 227 Å². The molecule has 0 heterocycles. The molecule has 5 N–H and O–H groups in total. The third kappa shape index (κ3) is 71.3. The molecule has 442 valence electrons. The molecule has 0 spiro atoms. The van der Waals surface area contributed by atoms with Crippen molar-refractivity contribution in [3.05, 3.63) is 0 Å². The molecule has 0 aliphatic heterocycles. The van der Waals surface area contributed by atoms with Crippen molar-refractivity contribution in [3.8, 4) is 0 Å². The normalized spacial score (nSPS) is 12.3. The highest BCUT2D eigenvalue weighted by atomic mass is 35.8. The van der Waals surface area contributed by atoms with Crippen LogP contribution in [0.5, 0.6) is 0 Å². The molecule has 0 radical (unpaired) electrons. The van der Waals surface area contributed by atoms with Crippen molar-refractivity contribution in [1.82, 2.24) is 10.6 Å². The van der Waals surface area contributed by atoms with E-state index in [4.69, 9.17) is 49.4 Å². The van der Waals surface area contributed by atoms with Gasteiger partial charge in [-0.05, 0) is 58.2 Å². The Balaban J connectivity index is -0.000000321. The van der Waals surface area contributed by atoms with Crippen LogP contribution in [-0.2, 0) is 13.3 Å². The van der Waals surface area contributed by atoms with Crippen LogP contribution in [0.25, 0.3) is 1.43 Å². The van der Waals surface area contributed by atoms with E-state index in [1.165, 1.54) is 252 Å². The molecule has 72 heavy (non-hydrogen) atoms. The van der Waals surface area contributed by atoms with Gasteiger partial charge in [0.25, 0.3) is 0 Å². The van der Waals surface area contributed by atoms with Crippen LogP contribution >= 0.6 is 46.1 Å². The largest absolute Gasteiger partial charge is 0.500 e. The molecular formula is C57H131Cl3N4O5SSi2+2. The molecule has 0 aromatic carbocycles. The summed E-state index contributed by atoms with van der Waals surface area (Å²) in [6, 6.07) is -0.618. The van der Waals surface area contributed by atoms with Crippen LogP contribution in [0.4, 0.5) is 0 Å². The molecule has 0 aliphatic carbocycles. The molecular weight excluding hydrogens is 1020 g/mol. The van der Waals surface area contributed by atoms with Crippen LogP contribution in [0.3, 0.4) is 0 Å². The topological polar surface area (TPSA) is 96.7 Å². The lowest BCUT2D eigenvalue weighted by molar-refractivity contribution is -0.898. The minimum absolute atomic E-state index is 0.829. The molecule has 1 atom stereocenters. The van der Waals surface area contributed by atoms with Crippen molar-refractivity contribution < 1.29 is 32.3 Å². The number of hydrogen-bond donors (Lipinski definition) is 6. The molecule has 1 unspecified atom stereocenters. The number of unbranched alkanes of at least 4 members (excludes halogenated alkanes) is 31. The van der Waals surface area contributed by atoms with Crippen molar-refractivity contribution >= 4 is 61.0 Å². The van der Waals surface area contributed by atoms with Gasteiger partial charge in [0.05, 0.1) is 46.8 Å². The zero-order chi connectivity index (χ0) is 56.6. The average Bonchev–Trinajstić information content (AvgIpc) is 3.37. The quantitative estimate of drug-likeness (QED) is 0.00902. The monoisotopic (exact) mass is 1150 g/mol. The maximum atomic E-state index is 5.87. The summed E-state index contributed by atoms with van der Waals surface area (Å²) >= 11 is 20.6. The van der Waals surface area contributed by atoms with Crippen LogP contribution in [0, 0.1) is 0 Å². The highest BCUT2D eigenvalue weighted by molar-refractivity contribution is 7.74. The zero-order valence-electron chi connectivity index (χ0n) is 52.1. The lowest BCUT2D eigenvalue weighted by Gasteiger charge is -2.31. The summed E-state index contributed by atoms with van der Waals surface area (Å²) in [6.07, 6.45) is 50.1. The van der Waals surface area contributed by atoms with E-state index in [1.54, 1.807) is 26.2 Å². The number of rotatable bonds is 52. The predicted octanol–water partition coefficient (Wildman–Crippen LogP) is 16.4. The van der Waals surface area contributed by atoms with Crippen LogP contribution in [0.15, 0.2) is 0 Å². The standard InChI is InChI=1S/C26H58NO3Si.C18H37Cl3Si.C12H29N3.CH4O.H2OS/c1-7-8-9-10-11-12-13-14-15-16-17-18-19-20-21-22-24-27(2,3)25-23-26-31(28-4,29-5)30-6;1-2-3-4-5-6-7-8-9-10-11-12-13-14-15-16-17-18-22(19,20)21;1-4-6-10-15(11-8-13-3)12-9-14-7-5-2;2*1-2/h7-26H2,1-6H3;2-18H2,1H3;13-14H,4-12H2,1-3H3;2H,1H3;1-2H/q+1;;;;/p+1/i;;;2T;/hT. The van der Waals surface area contributed by atoms with Gasteiger partial charge in [-0.2, -0.15) is 0 Å². The zero-order valence-corrected chi connectivity index (χ0v) is 55.3. The minimum Gasteiger partial charge on any atom is -0.400 e. The predicted molar refractivity (Wildman–Crippen MR) is 333 cm³/mol. The number of nitrogens with zero attached hydrogens (tertiary/aromatic N) is 1. The lowest BCUT2D eigenvalue weighted by atomic mass is 10.0. The minimum atomic E-state index is -2.40. The van der Waals surface area contributed by atoms with E-state index < -0.39 is 14.8 Å². The molecule has 0 saturated heterocycles. The van der Waals surface area contributed by atoms with Gasteiger partial charge in [-0.3, -0.25) is 0 Å². The molecule has 15 heteroatoms. The van der Waals surface area contributed by atoms with E-state index >= 15 is 0 Å². The van der Waals surface area contributed by atoms with E-state index in [0.29, 0.717) is 0 Å². The molecule has 0 bridgehead atoms. The van der Waals surface area contributed by atoms with Crippen molar-refractivity contribution in [1.29, 1.82) is 2.86 Å². The smallest absolute Gasteiger partial charge is 0.400 e. The Morgan fingerprint density at radius 2 is 0.792 bits per heavy atom. The van der Waals surface area contributed by atoms with Gasteiger partial charge in [-0.15, -0.1) is 33.2 Å². The molecule has 0 saturated carbocycles. The van der Waals surface area contributed by atoms with E-state index in [2.05, 4.69) is 75.0 Å². The number of quaternary nitrogens is 2. The fourth-order valence-electron chi connectivity index (χ4n) is 9.02. The van der Waals surface area contributed by atoms with Gasteiger partial charge in [0.15, 0.2) is 0 Å². The van der Waals surface area contributed by atoms with Gasteiger partial charge in [0, 0.05) is 54.0 Å². The molecule has 0 aliphatic rings. The van der Waals surface area contributed by atoms with E-state index in [0.717, 1.165) is 55.6 Å². The Kier molecular flexibility index (Phi) is 73.6.